The number of likely N-dealkylation sites (tertiary alicyclic amines) is 1. The van der Waals surface area contributed by atoms with Crippen LogP contribution in [0.4, 0.5) is 0 Å². The normalized spacial score (nSPS) is 16.2. The standard InChI is InChI=1S/C21H32N6O/c1-17-14-25-27(16-17)13-10-23-21(22-2)24-15-19(26-11-6-7-12-26)18-8-4-5-9-20(18)28-3/h4-5,8-9,14,16,19H,6-7,10-13,15H2,1-3H3,(H2,22,23,24). The average Bonchev–Trinajstić information content (AvgIpc) is 3.39. The fourth-order valence-corrected chi connectivity index (χ4v) is 3.72. The van der Waals surface area contributed by atoms with Gasteiger partial charge in [0.05, 0.1) is 25.9 Å². The third-order valence-corrected chi connectivity index (χ3v) is 5.16. The lowest BCUT2D eigenvalue weighted by Gasteiger charge is -2.30. The Morgan fingerprint density at radius 3 is 2.71 bits per heavy atom. The van der Waals surface area contributed by atoms with E-state index in [0.717, 1.165) is 44.4 Å². The molecule has 2 N–H and O–H groups in total. The molecule has 0 spiro atoms. The van der Waals surface area contributed by atoms with E-state index in [1.54, 1.807) is 14.2 Å². The maximum absolute atomic E-state index is 5.62. The molecular formula is C21H32N6O. The number of ether oxygens (including phenoxy) is 1. The minimum Gasteiger partial charge on any atom is -0.496 e. The summed E-state index contributed by atoms with van der Waals surface area (Å²) in [5, 5.41) is 11.2. The number of guanidine groups is 1. The summed E-state index contributed by atoms with van der Waals surface area (Å²) in [6.07, 6.45) is 6.42. The topological polar surface area (TPSA) is 66.7 Å². The molecule has 3 rings (SSSR count). The Kier molecular flexibility index (Phi) is 7.31. The van der Waals surface area contributed by atoms with Gasteiger partial charge < -0.3 is 15.4 Å². The molecule has 7 nitrogen and oxygen atoms in total. The van der Waals surface area contributed by atoms with Crippen LogP contribution in [0.3, 0.4) is 0 Å². The third-order valence-electron chi connectivity index (χ3n) is 5.16. The highest BCUT2D eigenvalue weighted by molar-refractivity contribution is 5.79. The molecule has 1 unspecified atom stereocenters. The van der Waals surface area contributed by atoms with Gasteiger partial charge >= 0.3 is 0 Å². The molecule has 1 aromatic heterocycles. The van der Waals surface area contributed by atoms with E-state index >= 15 is 0 Å². The van der Waals surface area contributed by atoms with Crippen molar-refractivity contribution in [2.24, 2.45) is 4.99 Å². The summed E-state index contributed by atoms with van der Waals surface area (Å²) in [5.41, 5.74) is 2.40. The number of methoxy groups -OCH3 is 1. The van der Waals surface area contributed by atoms with Crippen LogP contribution in [0.1, 0.15) is 30.0 Å². The average molecular weight is 385 g/mol. The lowest BCUT2D eigenvalue weighted by Crippen LogP contribution is -2.43. The van der Waals surface area contributed by atoms with Gasteiger partial charge in [0.25, 0.3) is 0 Å². The van der Waals surface area contributed by atoms with Gasteiger partial charge in [0.2, 0.25) is 0 Å². The van der Waals surface area contributed by atoms with Gasteiger partial charge in [-0.05, 0) is 44.5 Å². The zero-order chi connectivity index (χ0) is 19.8. The van der Waals surface area contributed by atoms with Gasteiger partial charge in [-0.25, -0.2) is 0 Å². The molecule has 0 radical (unpaired) electrons. The molecule has 0 bridgehead atoms. The Balaban J connectivity index is 1.60. The number of nitrogens with one attached hydrogen (secondary N) is 2. The number of para-hydroxylation sites is 1. The molecule has 1 fully saturated rings. The number of hydrogen-bond donors (Lipinski definition) is 2. The number of rotatable bonds is 8. The van der Waals surface area contributed by atoms with Gasteiger partial charge in [-0.3, -0.25) is 14.6 Å². The molecule has 1 atom stereocenters. The van der Waals surface area contributed by atoms with Gasteiger partial charge in [-0.2, -0.15) is 5.10 Å². The highest BCUT2D eigenvalue weighted by atomic mass is 16.5. The van der Waals surface area contributed by atoms with Crippen molar-refractivity contribution in [3.05, 3.63) is 47.8 Å². The largest absolute Gasteiger partial charge is 0.496 e. The van der Waals surface area contributed by atoms with Crippen LogP contribution in [0.2, 0.25) is 0 Å². The van der Waals surface area contributed by atoms with Crippen molar-refractivity contribution in [3.8, 4) is 5.75 Å². The maximum atomic E-state index is 5.62. The Hall–Kier alpha value is -2.54. The molecular weight excluding hydrogens is 352 g/mol. The van der Waals surface area contributed by atoms with E-state index < -0.39 is 0 Å². The zero-order valence-corrected chi connectivity index (χ0v) is 17.2. The Bertz CT molecular complexity index is 766. The van der Waals surface area contributed by atoms with Crippen LogP contribution in [0.5, 0.6) is 5.75 Å². The molecule has 2 aromatic rings. The molecule has 1 saturated heterocycles. The Labute approximate surface area is 167 Å². The molecule has 28 heavy (non-hydrogen) atoms. The summed E-state index contributed by atoms with van der Waals surface area (Å²) in [7, 11) is 3.55. The van der Waals surface area contributed by atoms with Crippen LogP contribution >= 0.6 is 0 Å². The highest BCUT2D eigenvalue weighted by Crippen LogP contribution is 2.31. The predicted molar refractivity (Wildman–Crippen MR) is 113 cm³/mol. The molecule has 1 aromatic carbocycles. The molecule has 7 heteroatoms. The Morgan fingerprint density at radius 1 is 1.25 bits per heavy atom. The van der Waals surface area contributed by atoms with E-state index in [0.29, 0.717) is 0 Å². The van der Waals surface area contributed by atoms with Crippen LogP contribution in [0.15, 0.2) is 41.7 Å². The van der Waals surface area contributed by atoms with Gasteiger partial charge in [-0.15, -0.1) is 0 Å². The van der Waals surface area contributed by atoms with Crippen molar-refractivity contribution < 1.29 is 4.74 Å². The summed E-state index contributed by atoms with van der Waals surface area (Å²) in [5.74, 6) is 1.75. The van der Waals surface area contributed by atoms with Crippen LogP contribution in [0, 0.1) is 6.92 Å². The lowest BCUT2D eigenvalue weighted by molar-refractivity contribution is 0.239. The predicted octanol–water partition coefficient (Wildman–Crippen LogP) is 2.20. The summed E-state index contributed by atoms with van der Waals surface area (Å²) in [6, 6.07) is 8.57. The summed E-state index contributed by atoms with van der Waals surface area (Å²) in [6.45, 7) is 6.64. The number of aryl methyl sites for hydroxylation is 1. The first-order valence-corrected chi connectivity index (χ1v) is 10.0. The summed E-state index contributed by atoms with van der Waals surface area (Å²) in [4.78, 5) is 6.91. The van der Waals surface area contributed by atoms with Crippen LogP contribution in [-0.4, -0.2) is 61.0 Å². The first-order valence-electron chi connectivity index (χ1n) is 10.0. The second-order valence-corrected chi connectivity index (χ2v) is 7.16. The SMILES string of the molecule is CN=C(NCCn1cc(C)cn1)NCC(c1ccccc1OC)N1CCCC1. The first kappa shape index (κ1) is 20.2. The van der Waals surface area contributed by atoms with Crippen LogP contribution in [0.25, 0.3) is 0 Å². The molecule has 1 aliphatic rings. The lowest BCUT2D eigenvalue weighted by atomic mass is 10.0. The van der Waals surface area contributed by atoms with Crippen molar-refractivity contribution in [2.45, 2.75) is 32.4 Å². The van der Waals surface area contributed by atoms with Crippen molar-refractivity contribution in [1.29, 1.82) is 0 Å². The molecule has 0 aliphatic carbocycles. The first-order chi connectivity index (χ1) is 13.7. The van der Waals surface area contributed by atoms with E-state index in [4.69, 9.17) is 4.74 Å². The Morgan fingerprint density at radius 2 is 2.04 bits per heavy atom. The van der Waals surface area contributed by atoms with Gasteiger partial charge in [0.15, 0.2) is 5.96 Å². The second kappa shape index (κ2) is 10.1. The number of nitrogens with zero attached hydrogens (tertiary/aromatic N) is 4. The van der Waals surface area contributed by atoms with E-state index in [1.807, 2.05) is 36.1 Å². The third kappa shape index (κ3) is 5.25. The molecule has 152 valence electrons. The number of benzene rings is 1. The van der Waals surface area contributed by atoms with Gasteiger partial charge in [-0.1, -0.05) is 18.2 Å². The minimum absolute atomic E-state index is 0.256. The second-order valence-electron chi connectivity index (χ2n) is 7.16. The van der Waals surface area contributed by atoms with E-state index in [-0.39, 0.29) is 6.04 Å². The minimum atomic E-state index is 0.256. The highest BCUT2D eigenvalue weighted by Gasteiger charge is 2.25. The van der Waals surface area contributed by atoms with Crippen molar-refractivity contribution in [2.75, 3.05) is 40.3 Å². The van der Waals surface area contributed by atoms with Crippen molar-refractivity contribution in [3.63, 3.8) is 0 Å². The summed E-state index contributed by atoms with van der Waals surface area (Å²) < 4.78 is 7.57. The summed E-state index contributed by atoms with van der Waals surface area (Å²) >= 11 is 0. The van der Waals surface area contributed by atoms with Crippen LogP contribution in [-0.2, 0) is 6.54 Å². The quantitative estimate of drug-likeness (QED) is 0.540. The number of aliphatic imine (C=N–C) groups is 1. The molecule has 0 saturated carbocycles. The van der Waals surface area contributed by atoms with Crippen molar-refractivity contribution >= 4 is 5.96 Å². The van der Waals surface area contributed by atoms with E-state index in [1.165, 1.54) is 24.0 Å². The van der Waals surface area contributed by atoms with Gasteiger partial charge in [0, 0.05) is 31.9 Å². The molecule has 2 heterocycles. The molecule has 0 amide bonds. The zero-order valence-electron chi connectivity index (χ0n) is 17.2. The van der Waals surface area contributed by atoms with Gasteiger partial charge in [0.1, 0.15) is 5.75 Å². The van der Waals surface area contributed by atoms with E-state index in [2.05, 4.69) is 37.8 Å². The fraction of sp³-hybridized carbons (Fsp3) is 0.524. The maximum Gasteiger partial charge on any atom is 0.191 e. The van der Waals surface area contributed by atoms with E-state index in [9.17, 15) is 0 Å². The number of aromatic nitrogens is 2. The fourth-order valence-electron chi connectivity index (χ4n) is 3.72. The smallest absolute Gasteiger partial charge is 0.191 e. The number of hydrogen-bond acceptors (Lipinski definition) is 4. The molecule has 1 aliphatic heterocycles. The van der Waals surface area contributed by atoms with Crippen molar-refractivity contribution in [1.82, 2.24) is 25.3 Å². The monoisotopic (exact) mass is 384 g/mol. The van der Waals surface area contributed by atoms with Crippen LogP contribution < -0.4 is 15.4 Å².